The molecule has 1 aromatic heterocycles. The van der Waals surface area contributed by atoms with E-state index in [9.17, 15) is 9.90 Å². The molecule has 2 aromatic rings. The predicted octanol–water partition coefficient (Wildman–Crippen LogP) is 1.72. The average Bonchev–Trinajstić information content (AvgIpc) is 3.19. The number of aliphatic hydroxyl groups excluding tert-OH is 1. The maximum Gasteiger partial charge on any atom is 0.223 e. The van der Waals surface area contributed by atoms with Crippen molar-refractivity contribution in [2.24, 2.45) is 5.92 Å². The first-order chi connectivity index (χ1) is 12.0. The average molecular weight is 343 g/mol. The summed E-state index contributed by atoms with van der Waals surface area (Å²) in [7, 11) is 1.64. The number of aromatic amines is 1. The van der Waals surface area contributed by atoms with E-state index in [1.807, 2.05) is 37.3 Å². The molecular weight excluding hydrogens is 318 g/mol. The zero-order chi connectivity index (χ0) is 17.8. The molecule has 0 radical (unpaired) electrons. The molecule has 134 valence electrons. The van der Waals surface area contributed by atoms with Crippen LogP contribution in [0.4, 0.5) is 0 Å². The Morgan fingerprint density at radius 1 is 1.36 bits per heavy atom. The van der Waals surface area contributed by atoms with Gasteiger partial charge in [0, 0.05) is 31.1 Å². The van der Waals surface area contributed by atoms with Crippen LogP contribution in [0.25, 0.3) is 0 Å². The zero-order valence-corrected chi connectivity index (χ0v) is 14.7. The van der Waals surface area contributed by atoms with Crippen LogP contribution in [0.3, 0.4) is 0 Å². The summed E-state index contributed by atoms with van der Waals surface area (Å²) in [5.41, 5.74) is 3.06. The smallest absolute Gasteiger partial charge is 0.223 e. The van der Waals surface area contributed by atoms with Crippen molar-refractivity contribution in [2.75, 3.05) is 20.2 Å². The van der Waals surface area contributed by atoms with Crippen LogP contribution >= 0.6 is 0 Å². The van der Waals surface area contributed by atoms with Crippen molar-refractivity contribution in [2.45, 2.75) is 32.3 Å². The molecule has 0 bridgehead atoms. The Hall–Kier alpha value is -2.34. The number of carbonyl (C=O) groups excluding carboxylic acids is 1. The van der Waals surface area contributed by atoms with Gasteiger partial charge in [-0.2, -0.15) is 5.10 Å². The van der Waals surface area contributed by atoms with Gasteiger partial charge in [0.25, 0.3) is 0 Å². The molecule has 2 atom stereocenters. The van der Waals surface area contributed by atoms with E-state index in [1.54, 1.807) is 12.0 Å². The van der Waals surface area contributed by atoms with Crippen molar-refractivity contribution in [1.29, 1.82) is 0 Å². The zero-order valence-electron chi connectivity index (χ0n) is 14.7. The quantitative estimate of drug-likeness (QED) is 0.837. The van der Waals surface area contributed by atoms with Crippen LogP contribution in [0, 0.1) is 12.8 Å². The number of H-pyrrole nitrogens is 1. The summed E-state index contributed by atoms with van der Waals surface area (Å²) in [5, 5.41) is 17.4. The van der Waals surface area contributed by atoms with E-state index < -0.39 is 6.10 Å². The fourth-order valence-electron chi connectivity index (χ4n) is 3.31. The van der Waals surface area contributed by atoms with Crippen molar-refractivity contribution in [3.8, 4) is 5.75 Å². The summed E-state index contributed by atoms with van der Waals surface area (Å²) in [5.74, 6) is 0.956. The van der Waals surface area contributed by atoms with E-state index >= 15 is 0 Å². The van der Waals surface area contributed by atoms with E-state index in [0.717, 1.165) is 22.7 Å². The molecule has 1 fully saturated rings. The summed E-state index contributed by atoms with van der Waals surface area (Å²) in [6, 6.07) is 9.75. The number of likely N-dealkylation sites (tertiary alicyclic amines) is 1. The number of benzene rings is 1. The molecule has 1 saturated heterocycles. The van der Waals surface area contributed by atoms with Gasteiger partial charge in [0.2, 0.25) is 5.91 Å². The number of nitrogens with zero attached hydrogens (tertiary/aromatic N) is 2. The number of hydrogen-bond donors (Lipinski definition) is 2. The molecule has 1 aromatic carbocycles. The normalized spacial score (nSPS) is 20.0. The van der Waals surface area contributed by atoms with Crippen molar-refractivity contribution < 1.29 is 14.6 Å². The van der Waals surface area contributed by atoms with Crippen LogP contribution in [-0.4, -0.2) is 52.4 Å². The minimum absolute atomic E-state index is 0.0487. The number of hydrogen-bond acceptors (Lipinski definition) is 4. The maximum absolute atomic E-state index is 12.5. The first-order valence-electron chi connectivity index (χ1n) is 8.65. The highest BCUT2D eigenvalue weighted by molar-refractivity contribution is 5.76. The molecule has 1 aliphatic heterocycles. The molecule has 3 rings (SSSR count). The van der Waals surface area contributed by atoms with Crippen LogP contribution in [0.1, 0.15) is 23.4 Å². The van der Waals surface area contributed by atoms with E-state index in [1.165, 1.54) is 0 Å². The molecule has 0 spiro atoms. The summed E-state index contributed by atoms with van der Waals surface area (Å²) < 4.78 is 5.14. The van der Waals surface area contributed by atoms with E-state index in [2.05, 4.69) is 10.2 Å². The lowest BCUT2D eigenvalue weighted by Gasteiger charge is -2.16. The third-order valence-corrected chi connectivity index (χ3v) is 4.78. The van der Waals surface area contributed by atoms with Gasteiger partial charge in [-0.05, 0) is 43.5 Å². The van der Waals surface area contributed by atoms with Gasteiger partial charge in [-0.25, -0.2) is 0 Å². The Labute approximate surface area is 147 Å². The summed E-state index contributed by atoms with van der Waals surface area (Å²) in [6.45, 7) is 2.96. The third-order valence-electron chi connectivity index (χ3n) is 4.78. The second-order valence-corrected chi connectivity index (χ2v) is 6.72. The standard InChI is InChI=1S/C19H25N3O3/c1-13-9-16(21-20-13)10-15-11-22(12-18(15)23)19(24)8-5-14-3-6-17(25-2)7-4-14/h3-4,6-7,9,15,18,23H,5,8,10-12H2,1-2H3,(H,20,21). The number of aryl methyl sites for hydroxylation is 2. The Kier molecular flexibility index (Phi) is 5.38. The molecule has 1 amide bonds. The Morgan fingerprint density at radius 2 is 2.12 bits per heavy atom. The van der Waals surface area contributed by atoms with Crippen molar-refractivity contribution in [1.82, 2.24) is 15.1 Å². The van der Waals surface area contributed by atoms with E-state index in [0.29, 0.717) is 32.4 Å². The van der Waals surface area contributed by atoms with Gasteiger partial charge < -0.3 is 14.7 Å². The van der Waals surface area contributed by atoms with Gasteiger partial charge in [-0.15, -0.1) is 0 Å². The van der Waals surface area contributed by atoms with Crippen LogP contribution in [-0.2, 0) is 17.6 Å². The van der Waals surface area contributed by atoms with Crippen LogP contribution in [0.2, 0.25) is 0 Å². The number of carbonyl (C=O) groups is 1. The molecule has 1 aliphatic rings. The molecular formula is C19H25N3O3. The minimum Gasteiger partial charge on any atom is -0.497 e. The number of nitrogens with one attached hydrogen (secondary N) is 1. The summed E-state index contributed by atoms with van der Waals surface area (Å²) in [6.07, 6.45) is 1.35. The lowest BCUT2D eigenvalue weighted by molar-refractivity contribution is -0.130. The molecule has 0 saturated carbocycles. The minimum atomic E-state index is -0.484. The summed E-state index contributed by atoms with van der Waals surface area (Å²) in [4.78, 5) is 14.2. The number of aromatic nitrogens is 2. The van der Waals surface area contributed by atoms with Gasteiger partial charge in [-0.1, -0.05) is 12.1 Å². The molecule has 0 aliphatic carbocycles. The van der Waals surface area contributed by atoms with Gasteiger partial charge in [0.05, 0.1) is 18.9 Å². The predicted molar refractivity (Wildman–Crippen MR) is 94.4 cm³/mol. The lowest BCUT2D eigenvalue weighted by Crippen LogP contribution is -2.29. The van der Waals surface area contributed by atoms with E-state index in [-0.39, 0.29) is 11.8 Å². The molecule has 2 N–H and O–H groups in total. The number of aliphatic hydroxyl groups is 1. The van der Waals surface area contributed by atoms with Crippen LogP contribution < -0.4 is 4.74 Å². The fourth-order valence-corrected chi connectivity index (χ4v) is 3.31. The molecule has 2 unspecified atom stereocenters. The SMILES string of the molecule is COc1ccc(CCC(=O)N2CC(O)C(Cc3cc(C)[nH]n3)C2)cc1. The Balaban J connectivity index is 1.50. The van der Waals surface area contributed by atoms with E-state index in [4.69, 9.17) is 4.74 Å². The Bertz CT molecular complexity index is 711. The number of amides is 1. The topological polar surface area (TPSA) is 78.5 Å². The van der Waals surface area contributed by atoms with Crippen LogP contribution in [0.5, 0.6) is 5.75 Å². The maximum atomic E-state index is 12.5. The first kappa shape index (κ1) is 17.5. The van der Waals surface area contributed by atoms with Gasteiger partial charge in [-0.3, -0.25) is 9.89 Å². The highest BCUT2D eigenvalue weighted by Crippen LogP contribution is 2.22. The molecule has 6 heteroatoms. The van der Waals surface area contributed by atoms with Gasteiger partial charge >= 0.3 is 0 Å². The number of rotatable bonds is 6. The van der Waals surface area contributed by atoms with Crippen LogP contribution in [0.15, 0.2) is 30.3 Å². The largest absolute Gasteiger partial charge is 0.497 e. The Morgan fingerprint density at radius 3 is 2.76 bits per heavy atom. The second kappa shape index (κ2) is 7.70. The number of ether oxygens (including phenoxy) is 1. The van der Waals surface area contributed by atoms with Crippen molar-refractivity contribution in [3.63, 3.8) is 0 Å². The molecule has 25 heavy (non-hydrogen) atoms. The number of β-amino-alcohol motifs (C(OH)–C–C–N with tert-alkyl or cyclic N) is 1. The highest BCUT2D eigenvalue weighted by atomic mass is 16.5. The number of methoxy groups -OCH3 is 1. The third kappa shape index (κ3) is 4.39. The summed E-state index contributed by atoms with van der Waals surface area (Å²) >= 11 is 0. The molecule has 6 nitrogen and oxygen atoms in total. The molecule has 2 heterocycles. The van der Waals surface area contributed by atoms with Crippen molar-refractivity contribution in [3.05, 3.63) is 47.3 Å². The highest BCUT2D eigenvalue weighted by Gasteiger charge is 2.34. The van der Waals surface area contributed by atoms with Gasteiger partial charge in [0.1, 0.15) is 5.75 Å². The lowest BCUT2D eigenvalue weighted by atomic mass is 10.0. The monoisotopic (exact) mass is 343 g/mol. The second-order valence-electron chi connectivity index (χ2n) is 6.72. The fraction of sp³-hybridized carbons (Fsp3) is 0.474. The van der Waals surface area contributed by atoms with Gasteiger partial charge in [0.15, 0.2) is 0 Å². The first-order valence-corrected chi connectivity index (χ1v) is 8.65. The van der Waals surface area contributed by atoms with Crippen molar-refractivity contribution >= 4 is 5.91 Å².